The van der Waals surface area contributed by atoms with Crippen molar-refractivity contribution >= 4 is 23.9 Å². The molecule has 6 N–H and O–H groups in total. The molecule has 1 rings (SSSR count). The quantitative estimate of drug-likeness (QED) is 0.0595. The van der Waals surface area contributed by atoms with E-state index in [9.17, 15) is 9.59 Å². The molecule has 0 fully saturated rings. The van der Waals surface area contributed by atoms with Gasteiger partial charge in [-0.1, -0.05) is 92.0 Å². The number of nitrogens with two attached hydrogens (primary N) is 2. The lowest BCUT2D eigenvalue weighted by Gasteiger charge is -2.09. The Kier molecular flexibility index (Phi) is 22.6. The van der Waals surface area contributed by atoms with Crippen molar-refractivity contribution in [3.05, 3.63) is 103 Å². The van der Waals surface area contributed by atoms with Crippen LogP contribution >= 0.6 is 0 Å². The number of amides is 2. The van der Waals surface area contributed by atoms with Gasteiger partial charge in [0.05, 0.1) is 6.54 Å². The van der Waals surface area contributed by atoms with Crippen LogP contribution in [-0.4, -0.2) is 56.0 Å². The standard InChI is InChI=1S/C36H53N7O3/c1-4-5-6-7-8-9-10-11-12-13-14-15-16-17-18-19-20-21-22-23-33(44)39-28-29-40-36(45)46-32-26-24-31(25-27-32)30-41-34(37)42-35(38)43(2)3/h5-6,8-9,11-12,14-15,17-18,20-21,24-27H,4,7,10,13,16,19,22-23,28-30H2,1-3H3,(H,39,44)(H,40,45)(H4,37,38,41,42)/b6-5-,9-8-,12-11-,15-14-,18-17-,21-20-. The Bertz CT molecular complexity index is 1240. The Morgan fingerprint density at radius 3 is 1.78 bits per heavy atom. The third kappa shape index (κ3) is 22.6. The highest BCUT2D eigenvalue weighted by Crippen LogP contribution is 2.13. The molecule has 0 heterocycles. The number of nitrogens with one attached hydrogen (secondary N) is 2. The maximum absolute atomic E-state index is 12.0. The van der Waals surface area contributed by atoms with E-state index in [4.69, 9.17) is 16.2 Å². The molecular formula is C36H53N7O3. The molecule has 0 aliphatic carbocycles. The van der Waals surface area contributed by atoms with Gasteiger partial charge in [-0.25, -0.2) is 9.79 Å². The smallest absolute Gasteiger partial charge is 0.410 e. The van der Waals surface area contributed by atoms with Gasteiger partial charge >= 0.3 is 6.09 Å². The molecule has 46 heavy (non-hydrogen) atoms. The summed E-state index contributed by atoms with van der Waals surface area (Å²) in [4.78, 5) is 33.8. The fourth-order valence-corrected chi connectivity index (χ4v) is 3.54. The molecule has 0 saturated carbocycles. The number of carbonyl (C=O) groups excluding carboxylic acids is 2. The fraction of sp³-hybridized carbons (Fsp3) is 0.389. The van der Waals surface area contributed by atoms with Gasteiger partial charge in [-0.2, -0.15) is 4.99 Å². The van der Waals surface area contributed by atoms with E-state index in [-0.39, 0.29) is 24.4 Å². The molecule has 0 spiro atoms. The van der Waals surface area contributed by atoms with Gasteiger partial charge in [0.1, 0.15) is 5.75 Å². The zero-order chi connectivity index (χ0) is 33.7. The van der Waals surface area contributed by atoms with E-state index in [0.29, 0.717) is 31.7 Å². The van der Waals surface area contributed by atoms with E-state index in [2.05, 4.69) is 94.4 Å². The molecule has 1 aromatic carbocycles. The number of guanidine groups is 2. The number of hydrogen-bond donors (Lipinski definition) is 4. The van der Waals surface area contributed by atoms with Crippen molar-refractivity contribution in [1.29, 1.82) is 0 Å². The molecule has 2 amide bonds. The Morgan fingerprint density at radius 1 is 0.761 bits per heavy atom. The molecule has 0 aliphatic rings. The SMILES string of the molecule is CC/C=C\C/C=C\C/C=C\C/C=C\C/C=C\C/C=C\CCC(=O)NCCNC(=O)Oc1ccc(CN=C(N)N=C(N)N(C)C)cc1. The van der Waals surface area contributed by atoms with Gasteiger partial charge in [-0.3, -0.25) is 4.79 Å². The number of nitrogens with zero attached hydrogens (tertiary/aromatic N) is 3. The normalized spacial score (nSPS) is 12.8. The summed E-state index contributed by atoms with van der Waals surface area (Å²) in [6.07, 6.45) is 32.1. The van der Waals surface area contributed by atoms with Gasteiger partial charge in [-0.05, 0) is 62.6 Å². The second kappa shape index (κ2) is 26.5. The largest absolute Gasteiger partial charge is 0.412 e. The highest BCUT2D eigenvalue weighted by atomic mass is 16.6. The molecule has 10 nitrogen and oxygen atoms in total. The summed E-state index contributed by atoms with van der Waals surface area (Å²) in [5, 5.41) is 5.41. The van der Waals surface area contributed by atoms with Crippen LogP contribution in [0.15, 0.2) is 107 Å². The molecule has 0 radical (unpaired) electrons. The van der Waals surface area contributed by atoms with Crippen molar-refractivity contribution < 1.29 is 14.3 Å². The van der Waals surface area contributed by atoms with Crippen LogP contribution in [0.5, 0.6) is 5.75 Å². The first-order valence-electron chi connectivity index (χ1n) is 15.8. The third-order valence-corrected chi connectivity index (χ3v) is 6.10. The van der Waals surface area contributed by atoms with Crippen LogP contribution in [0.4, 0.5) is 4.79 Å². The summed E-state index contributed by atoms with van der Waals surface area (Å²) in [5.41, 5.74) is 12.3. The Hall–Kier alpha value is -4.86. The van der Waals surface area contributed by atoms with E-state index in [1.807, 2.05) is 6.08 Å². The lowest BCUT2D eigenvalue weighted by molar-refractivity contribution is -0.120. The number of rotatable bonds is 20. The zero-order valence-electron chi connectivity index (χ0n) is 27.7. The van der Waals surface area contributed by atoms with Gasteiger partial charge in [0.15, 0.2) is 5.96 Å². The van der Waals surface area contributed by atoms with E-state index in [1.165, 1.54) is 0 Å². The second-order valence-corrected chi connectivity index (χ2v) is 10.3. The molecule has 0 saturated heterocycles. The average Bonchev–Trinajstić information content (AvgIpc) is 3.03. The van der Waals surface area contributed by atoms with Crippen LogP contribution in [0.1, 0.15) is 63.9 Å². The van der Waals surface area contributed by atoms with Crippen molar-refractivity contribution in [3.63, 3.8) is 0 Å². The van der Waals surface area contributed by atoms with Crippen LogP contribution in [-0.2, 0) is 11.3 Å². The van der Waals surface area contributed by atoms with Gasteiger partial charge < -0.3 is 31.7 Å². The third-order valence-electron chi connectivity index (χ3n) is 6.10. The van der Waals surface area contributed by atoms with Crippen LogP contribution in [0.2, 0.25) is 0 Å². The van der Waals surface area contributed by atoms with E-state index in [1.54, 1.807) is 43.3 Å². The lowest BCUT2D eigenvalue weighted by atomic mass is 10.2. The summed E-state index contributed by atoms with van der Waals surface area (Å²) in [6, 6.07) is 6.87. The highest BCUT2D eigenvalue weighted by Gasteiger charge is 2.05. The van der Waals surface area contributed by atoms with Crippen molar-refractivity contribution in [1.82, 2.24) is 15.5 Å². The van der Waals surface area contributed by atoms with Crippen molar-refractivity contribution in [3.8, 4) is 5.75 Å². The number of ether oxygens (including phenoxy) is 1. The number of benzene rings is 1. The minimum absolute atomic E-state index is 0.0660. The van der Waals surface area contributed by atoms with Crippen LogP contribution < -0.4 is 26.8 Å². The summed E-state index contributed by atoms with van der Waals surface area (Å²) >= 11 is 0. The Morgan fingerprint density at radius 2 is 1.26 bits per heavy atom. The summed E-state index contributed by atoms with van der Waals surface area (Å²) < 4.78 is 5.26. The topological polar surface area (TPSA) is 147 Å². The summed E-state index contributed by atoms with van der Waals surface area (Å²) in [5.74, 6) is 0.653. The minimum atomic E-state index is -0.601. The predicted octanol–water partition coefficient (Wildman–Crippen LogP) is 6.06. The van der Waals surface area contributed by atoms with Crippen LogP contribution in [0.25, 0.3) is 0 Å². The zero-order valence-corrected chi connectivity index (χ0v) is 27.7. The maximum atomic E-state index is 12.0. The van der Waals surface area contributed by atoms with Crippen molar-refractivity contribution in [2.24, 2.45) is 21.5 Å². The lowest BCUT2D eigenvalue weighted by Crippen LogP contribution is -2.35. The monoisotopic (exact) mass is 631 g/mol. The Labute approximate surface area is 275 Å². The maximum Gasteiger partial charge on any atom is 0.412 e. The molecule has 10 heteroatoms. The first-order chi connectivity index (χ1) is 22.3. The molecule has 1 aromatic rings. The molecule has 0 atom stereocenters. The minimum Gasteiger partial charge on any atom is -0.410 e. The Balaban J connectivity index is 2.10. The summed E-state index contributed by atoms with van der Waals surface area (Å²) in [7, 11) is 3.51. The first kappa shape index (κ1) is 39.2. The number of carbonyl (C=O) groups is 2. The fourth-order valence-electron chi connectivity index (χ4n) is 3.54. The van der Waals surface area contributed by atoms with Gasteiger partial charge in [-0.15, -0.1) is 0 Å². The van der Waals surface area contributed by atoms with Crippen LogP contribution in [0, 0.1) is 0 Å². The highest BCUT2D eigenvalue weighted by molar-refractivity contribution is 5.93. The average molecular weight is 632 g/mol. The van der Waals surface area contributed by atoms with E-state index >= 15 is 0 Å². The number of allylic oxidation sites excluding steroid dienone is 12. The molecule has 0 bridgehead atoms. The summed E-state index contributed by atoms with van der Waals surface area (Å²) in [6.45, 7) is 3.03. The van der Waals surface area contributed by atoms with E-state index < -0.39 is 6.09 Å². The van der Waals surface area contributed by atoms with Gasteiger partial charge in [0.25, 0.3) is 0 Å². The van der Waals surface area contributed by atoms with Crippen molar-refractivity contribution in [2.75, 3.05) is 27.2 Å². The van der Waals surface area contributed by atoms with Crippen LogP contribution in [0.3, 0.4) is 0 Å². The van der Waals surface area contributed by atoms with Gasteiger partial charge in [0.2, 0.25) is 11.9 Å². The van der Waals surface area contributed by atoms with E-state index in [0.717, 1.165) is 44.1 Å². The molecule has 0 aliphatic heterocycles. The van der Waals surface area contributed by atoms with Gasteiger partial charge in [0, 0.05) is 33.6 Å². The number of aliphatic imine (C=N–C) groups is 2. The first-order valence-corrected chi connectivity index (χ1v) is 15.8. The molecule has 0 unspecified atom stereocenters. The second-order valence-electron chi connectivity index (χ2n) is 10.3. The molecule has 250 valence electrons. The number of hydrogen-bond acceptors (Lipinski definition) is 4. The van der Waals surface area contributed by atoms with Crippen molar-refractivity contribution in [2.45, 2.75) is 64.8 Å². The molecule has 0 aromatic heterocycles. The predicted molar refractivity (Wildman–Crippen MR) is 192 cm³/mol. The molecular weight excluding hydrogens is 578 g/mol.